The molecule has 1 heterocycles. The van der Waals surface area contributed by atoms with Crippen LogP contribution in [0, 0.1) is 5.92 Å². The number of anilines is 1. The van der Waals surface area contributed by atoms with Crippen LogP contribution in [0.1, 0.15) is 32.8 Å². The molecule has 1 unspecified atom stereocenters. The molecule has 1 aliphatic heterocycles. The molecular weight excluding hydrogens is 258 g/mol. The molecule has 1 atom stereocenters. The Bertz CT molecular complexity index is 493. The Balaban J connectivity index is 2.37. The summed E-state index contributed by atoms with van der Waals surface area (Å²) in [6.07, 6.45) is 0.517. The quantitative estimate of drug-likeness (QED) is 0.817. The number of aromatic hydroxyl groups is 1. The Morgan fingerprint density at radius 1 is 1.42 bits per heavy atom. The number of phenolic OH excluding ortho intramolecular Hbond substituents is 1. The van der Waals surface area contributed by atoms with E-state index in [0.29, 0.717) is 24.4 Å². The normalized spacial score (nSPS) is 20.1. The van der Waals surface area contributed by atoms with Gasteiger partial charge in [0.25, 0.3) is 0 Å². The summed E-state index contributed by atoms with van der Waals surface area (Å²) in [5.74, 6) is 1.21. The summed E-state index contributed by atoms with van der Waals surface area (Å²) in [6.45, 7) is 6.99. The molecule has 0 spiro atoms. The van der Waals surface area contributed by atoms with Crippen molar-refractivity contribution in [3.63, 3.8) is 0 Å². The zero-order chi connectivity index (χ0) is 14.2. The van der Waals surface area contributed by atoms with E-state index in [9.17, 15) is 9.90 Å². The third kappa shape index (κ3) is 2.89. The van der Waals surface area contributed by atoms with Gasteiger partial charge in [-0.2, -0.15) is 12.6 Å². The minimum absolute atomic E-state index is 0.00578. The van der Waals surface area contributed by atoms with Crippen LogP contribution >= 0.6 is 12.6 Å². The third-order valence-electron chi connectivity index (χ3n) is 3.60. The fraction of sp³-hybridized carbons (Fsp3) is 0.533. The molecule has 1 saturated heterocycles. The number of carbonyl (C=O) groups is 1. The summed E-state index contributed by atoms with van der Waals surface area (Å²) in [5, 5.41) is 10.0. The standard InChI is InChI=1S/C15H21NO2S/c1-15(2,3)11-4-5-13(17)12(7-11)16-8-10(9-19)6-14(16)18/h4-5,7,10,17,19H,6,8-9H2,1-3H3. The van der Waals surface area contributed by atoms with E-state index >= 15 is 0 Å². The van der Waals surface area contributed by atoms with Crippen molar-refractivity contribution in [1.29, 1.82) is 0 Å². The lowest BCUT2D eigenvalue weighted by atomic mass is 9.86. The van der Waals surface area contributed by atoms with Gasteiger partial charge < -0.3 is 10.0 Å². The van der Waals surface area contributed by atoms with E-state index in [4.69, 9.17) is 0 Å². The van der Waals surface area contributed by atoms with Crippen LogP contribution in [0.3, 0.4) is 0 Å². The maximum absolute atomic E-state index is 12.0. The van der Waals surface area contributed by atoms with E-state index in [0.717, 1.165) is 5.56 Å². The van der Waals surface area contributed by atoms with E-state index in [2.05, 4.69) is 33.4 Å². The van der Waals surface area contributed by atoms with Gasteiger partial charge in [0.05, 0.1) is 5.69 Å². The fourth-order valence-corrected chi connectivity index (χ4v) is 2.59. The molecule has 1 aliphatic rings. The summed E-state index contributed by atoms with van der Waals surface area (Å²) in [5.41, 5.74) is 1.73. The molecule has 19 heavy (non-hydrogen) atoms. The van der Waals surface area contributed by atoms with Crippen molar-refractivity contribution in [3.8, 4) is 5.75 Å². The van der Waals surface area contributed by atoms with Crippen molar-refractivity contribution in [3.05, 3.63) is 23.8 Å². The van der Waals surface area contributed by atoms with Gasteiger partial charge >= 0.3 is 0 Å². The molecule has 0 radical (unpaired) electrons. The maximum atomic E-state index is 12.0. The lowest BCUT2D eigenvalue weighted by molar-refractivity contribution is -0.117. The minimum Gasteiger partial charge on any atom is -0.506 e. The highest BCUT2D eigenvalue weighted by Gasteiger charge is 2.31. The van der Waals surface area contributed by atoms with Crippen LogP contribution in [0.25, 0.3) is 0 Å². The second-order valence-corrected chi connectivity index (χ2v) is 6.58. The predicted molar refractivity (Wildman–Crippen MR) is 81.1 cm³/mol. The average Bonchev–Trinajstić information content (AvgIpc) is 2.69. The molecule has 4 heteroatoms. The van der Waals surface area contributed by atoms with Crippen molar-refractivity contribution in [2.45, 2.75) is 32.6 Å². The summed E-state index contributed by atoms with van der Waals surface area (Å²) in [6, 6.07) is 5.51. The van der Waals surface area contributed by atoms with Gasteiger partial charge in [-0.3, -0.25) is 4.79 Å². The van der Waals surface area contributed by atoms with E-state index in [1.54, 1.807) is 11.0 Å². The van der Waals surface area contributed by atoms with Gasteiger partial charge in [0.1, 0.15) is 5.75 Å². The highest BCUT2D eigenvalue weighted by atomic mass is 32.1. The lowest BCUT2D eigenvalue weighted by Gasteiger charge is -2.24. The number of amides is 1. The van der Waals surface area contributed by atoms with Crippen molar-refractivity contribution >= 4 is 24.2 Å². The Morgan fingerprint density at radius 3 is 2.63 bits per heavy atom. The first-order chi connectivity index (χ1) is 8.82. The van der Waals surface area contributed by atoms with Crippen LogP contribution in [0.4, 0.5) is 5.69 Å². The molecule has 1 amide bonds. The van der Waals surface area contributed by atoms with Crippen LogP contribution in [0.2, 0.25) is 0 Å². The minimum atomic E-state index is -0.00578. The predicted octanol–water partition coefficient (Wildman–Crippen LogP) is 2.97. The highest BCUT2D eigenvalue weighted by molar-refractivity contribution is 7.80. The monoisotopic (exact) mass is 279 g/mol. The average molecular weight is 279 g/mol. The zero-order valence-electron chi connectivity index (χ0n) is 11.7. The molecule has 1 aromatic carbocycles. The smallest absolute Gasteiger partial charge is 0.227 e. The summed E-state index contributed by atoms with van der Waals surface area (Å²) in [4.78, 5) is 13.7. The maximum Gasteiger partial charge on any atom is 0.227 e. The van der Waals surface area contributed by atoms with Gasteiger partial charge in [0, 0.05) is 13.0 Å². The van der Waals surface area contributed by atoms with Gasteiger partial charge in [-0.05, 0) is 34.8 Å². The van der Waals surface area contributed by atoms with Crippen LogP contribution in [-0.4, -0.2) is 23.3 Å². The van der Waals surface area contributed by atoms with Crippen LogP contribution < -0.4 is 4.90 Å². The fourth-order valence-electron chi connectivity index (χ4n) is 2.34. The Morgan fingerprint density at radius 2 is 2.11 bits per heavy atom. The van der Waals surface area contributed by atoms with Gasteiger partial charge in [-0.15, -0.1) is 0 Å². The highest BCUT2D eigenvalue weighted by Crippen LogP contribution is 2.36. The largest absolute Gasteiger partial charge is 0.506 e. The number of hydrogen-bond acceptors (Lipinski definition) is 3. The van der Waals surface area contributed by atoms with Gasteiger partial charge in [-0.1, -0.05) is 26.8 Å². The second kappa shape index (κ2) is 5.08. The third-order valence-corrected chi connectivity index (χ3v) is 4.11. The lowest BCUT2D eigenvalue weighted by Crippen LogP contribution is -2.25. The number of nitrogens with zero attached hydrogens (tertiary/aromatic N) is 1. The molecule has 0 saturated carbocycles. The van der Waals surface area contributed by atoms with Crippen molar-refractivity contribution in [2.75, 3.05) is 17.2 Å². The van der Waals surface area contributed by atoms with Crippen LogP contribution in [-0.2, 0) is 10.2 Å². The molecule has 0 aliphatic carbocycles. The Hall–Kier alpha value is -1.16. The van der Waals surface area contributed by atoms with E-state index < -0.39 is 0 Å². The molecule has 1 N–H and O–H groups in total. The number of carbonyl (C=O) groups excluding carboxylic acids is 1. The van der Waals surface area contributed by atoms with Crippen molar-refractivity contribution in [2.24, 2.45) is 5.92 Å². The molecule has 0 bridgehead atoms. The first-order valence-electron chi connectivity index (χ1n) is 6.57. The number of thiol groups is 1. The Labute approximate surface area is 120 Å². The molecule has 1 aromatic rings. The van der Waals surface area contributed by atoms with E-state index in [-0.39, 0.29) is 23.0 Å². The van der Waals surface area contributed by atoms with Gasteiger partial charge in [0.15, 0.2) is 0 Å². The van der Waals surface area contributed by atoms with E-state index in [1.165, 1.54) is 0 Å². The molecule has 1 fully saturated rings. The number of hydrogen-bond donors (Lipinski definition) is 2. The molecule has 0 aromatic heterocycles. The summed E-state index contributed by atoms with van der Waals surface area (Å²) in [7, 11) is 0. The first-order valence-corrected chi connectivity index (χ1v) is 7.21. The van der Waals surface area contributed by atoms with Gasteiger partial charge in [-0.25, -0.2) is 0 Å². The van der Waals surface area contributed by atoms with Crippen molar-refractivity contribution in [1.82, 2.24) is 0 Å². The second-order valence-electron chi connectivity index (χ2n) is 6.21. The van der Waals surface area contributed by atoms with Gasteiger partial charge in [0.2, 0.25) is 5.91 Å². The summed E-state index contributed by atoms with van der Waals surface area (Å²) >= 11 is 4.26. The number of phenols is 1. The SMILES string of the molecule is CC(C)(C)c1ccc(O)c(N2CC(CS)CC2=O)c1. The first kappa shape index (κ1) is 14.3. The molecular formula is C15H21NO2S. The zero-order valence-corrected chi connectivity index (χ0v) is 12.6. The van der Waals surface area contributed by atoms with Crippen LogP contribution in [0.15, 0.2) is 18.2 Å². The van der Waals surface area contributed by atoms with E-state index in [1.807, 2.05) is 12.1 Å². The summed E-state index contributed by atoms with van der Waals surface area (Å²) < 4.78 is 0. The molecule has 3 nitrogen and oxygen atoms in total. The molecule has 104 valence electrons. The topological polar surface area (TPSA) is 40.5 Å². The van der Waals surface area contributed by atoms with Crippen LogP contribution in [0.5, 0.6) is 5.75 Å². The molecule has 2 rings (SSSR count). The van der Waals surface area contributed by atoms with Crippen molar-refractivity contribution < 1.29 is 9.90 Å². The number of rotatable bonds is 2. The number of benzene rings is 1. The Kier molecular flexibility index (Phi) is 3.81.